The third-order valence-corrected chi connectivity index (χ3v) is 2.89. The Kier molecular flexibility index (Phi) is 2.47. The molecule has 3 nitrogen and oxygen atoms in total. The van der Waals surface area contributed by atoms with Crippen molar-refractivity contribution in [3.63, 3.8) is 0 Å². The maximum atomic E-state index is 4.43. The Morgan fingerprint density at radius 1 is 1.50 bits per heavy atom. The Hall–Kier alpha value is -0.640. The fourth-order valence-corrected chi connectivity index (χ4v) is 1.73. The third-order valence-electron chi connectivity index (χ3n) is 2.49. The van der Waals surface area contributed by atoms with Crippen molar-refractivity contribution >= 4 is 21.7 Å². The van der Waals surface area contributed by atoms with Gasteiger partial charge in [-0.25, -0.2) is 9.97 Å². The molecule has 2 rings (SSSR count). The zero-order chi connectivity index (χ0) is 10.2. The number of aromatic nitrogens is 2. The predicted molar refractivity (Wildman–Crippen MR) is 60.4 cm³/mol. The molecule has 0 atom stereocenters. The van der Waals surface area contributed by atoms with Crippen LogP contribution in [-0.4, -0.2) is 15.5 Å². The Labute approximate surface area is 92.5 Å². The lowest BCUT2D eigenvalue weighted by molar-refractivity contribution is 0.810. The second kappa shape index (κ2) is 3.50. The summed E-state index contributed by atoms with van der Waals surface area (Å²) in [4.78, 5) is 8.69. The van der Waals surface area contributed by atoms with Gasteiger partial charge in [0.2, 0.25) is 0 Å². The van der Waals surface area contributed by atoms with E-state index in [0.717, 1.165) is 22.7 Å². The average Bonchev–Trinajstić information content (AvgIpc) is 2.82. The molecule has 0 spiro atoms. The summed E-state index contributed by atoms with van der Waals surface area (Å²) in [6.45, 7) is 4.28. The molecule has 1 heterocycles. The lowest BCUT2D eigenvalue weighted by atomic mass is 10.3. The molecule has 1 fully saturated rings. The summed E-state index contributed by atoms with van der Waals surface area (Å²) in [5.74, 6) is 1.81. The van der Waals surface area contributed by atoms with Crippen molar-refractivity contribution in [3.05, 3.63) is 16.5 Å². The van der Waals surface area contributed by atoms with Gasteiger partial charge in [-0.2, -0.15) is 0 Å². The SMILES string of the molecule is CCc1nc(Br)cc(NC2(C)CC2)n1. The molecule has 1 aromatic heterocycles. The normalized spacial score (nSPS) is 17.9. The van der Waals surface area contributed by atoms with E-state index >= 15 is 0 Å². The van der Waals surface area contributed by atoms with Crippen LogP contribution in [0.4, 0.5) is 5.82 Å². The molecular formula is C10H14BrN3. The fourth-order valence-electron chi connectivity index (χ4n) is 1.31. The summed E-state index contributed by atoms with van der Waals surface area (Å²) in [7, 11) is 0. The van der Waals surface area contributed by atoms with E-state index in [-0.39, 0.29) is 5.54 Å². The molecule has 0 aromatic carbocycles. The zero-order valence-corrected chi connectivity index (χ0v) is 10.1. The number of anilines is 1. The lowest BCUT2D eigenvalue weighted by Gasteiger charge is -2.12. The van der Waals surface area contributed by atoms with E-state index < -0.39 is 0 Å². The Bertz CT molecular complexity index is 347. The number of nitrogens with zero attached hydrogens (tertiary/aromatic N) is 2. The zero-order valence-electron chi connectivity index (χ0n) is 8.47. The van der Waals surface area contributed by atoms with E-state index in [0.29, 0.717) is 0 Å². The summed E-state index contributed by atoms with van der Waals surface area (Å²) in [6, 6.07) is 1.93. The number of rotatable bonds is 3. The van der Waals surface area contributed by atoms with Crippen LogP contribution in [0.3, 0.4) is 0 Å². The smallest absolute Gasteiger partial charge is 0.131 e. The van der Waals surface area contributed by atoms with E-state index in [9.17, 15) is 0 Å². The van der Waals surface area contributed by atoms with Crippen molar-refractivity contribution < 1.29 is 0 Å². The summed E-state index contributed by atoms with van der Waals surface area (Å²) >= 11 is 3.39. The largest absolute Gasteiger partial charge is 0.365 e. The number of hydrogen-bond acceptors (Lipinski definition) is 3. The maximum Gasteiger partial charge on any atom is 0.131 e. The summed E-state index contributed by atoms with van der Waals surface area (Å²) in [5, 5.41) is 3.43. The van der Waals surface area contributed by atoms with Crippen LogP contribution in [0.25, 0.3) is 0 Å². The van der Waals surface area contributed by atoms with Gasteiger partial charge in [0.15, 0.2) is 0 Å². The fraction of sp³-hybridized carbons (Fsp3) is 0.600. The van der Waals surface area contributed by atoms with E-state index in [1.807, 2.05) is 6.07 Å². The highest BCUT2D eigenvalue weighted by atomic mass is 79.9. The van der Waals surface area contributed by atoms with Crippen LogP contribution < -0.4 is 5.32 Å². The molecule has 0 radical (unpaired) electrons. The van der Waals surface area contributed by atoms with Crippen LogP contribution in [0.5, 0.6) is 0 Å². The summed E-state index contributed by atoms with van der Waals surface area (Å²) in [6.07, 6.45) is 3.33. The molecular weight excluding hydrogens is 242 g/mol. The van der Waals surface area contributed by atoms with Gasteiger partial charge < -0.3 is 5.32 Å². The number of aryl methyl sites for hydroxylation is 1. The highest BCUT2D eigenvalue weighted by Crippen LogP contribution is 2.37. The van der Waals surface area contributed by atoms with Gasteiger partial charge in [-0.3, -0.25) is 0 Å². The van der Waals surface area contributed by atoms with Crippen molar-refractivity contribution in [1.82, 2.24) is 9.97 Å². The lowest BCUT2D eigenvalue weighted by Crippen LogP contribution is -2.17. The molecule has 0 bridgehead atoms. The van der Waals surface area contributed by atoms with Crippen LogP contribution in [0.2, 0.25) is 0 Å². The maximum absolute atomic E-state index is 4.43. The van der Waals surface area contributed by atoms with E-state index in [2.05, 4.69) is 45.1 Å². The van der Waals surface area contributed by atoms with Gasteiger partial charge in [0.05, 0.1) is 0 Å². The standard InChI is InChI=1S/C10H14BrN3/c1-3-8-12-7(11)6-9(13-8)14-10(2)4-5-10/h6H,3-5H2,1-2H3,(H,12,13,14). The van der Waals surface area contributed by atoms with Crippen molar-refractivity contribution in [1.29, 1.82) is 0 Å². The van der Waals surface area contributed by atoms with Gasteiger partial charge in [0, 0.05) is 18.0 Å². The number of nitrogens with one attached hydrogen (secondary N) is 1. The van der Waals surface area contributed by atoms with E-state index in [4.69, 9.17) is 0 Å². The van der Waals surface area contributed by atoms with Gasteiger partial charge >= 0.3 is 0 Å². The number of halogens is 1. The molecule has 0 aliphatic heterocycles. The van der Waals surface area contributed by atoms with E-state index in [1.54, 1.807) is 0 Å². The Morgan fingerprint density at radius 3 is 2.79 bits per heavy atom. The quantitative estimate of drug-likeness (QED) is 0.845. The Morgan fingerprint density at radius 2 is 2.21 bits per heavy atom. The molecule has 1 N–H and O–H groups in total. The minimum absolute atomic E-state index is 0.277. The summed E-state index contributed by atoms with van der Waals surface area (Å²) in [5.41, 5.74) is 0.277. The minimum Gasteiger partial charge on any atom is -0.365 e. The first kappa shape index (κ1) is 9.90. The molecule has 1 saturated carbocycles. The molecule has 4 heteroatoms. The highest BCUT2D eigenvalue weighted by molar-refractivity contribution is 9.10. The Balaban J connectivity index is 2.20. The van der Waals surface area contributed by atoms with Crippen molar-refractivity contribution in [2.45, 2.75) is 38.6 Å². The molecule has 0 saturated heterocycles. The van der Waals surface area contributed by atoms with Crippen LogP contribution in [0.1, 0.15) is 32.5 Å². The molecule has 1 aliphatic carbocycles. The summed E-state index contributed by atoms with van der Waals surface area (Å²) < 4.78 is 0.858. The second-order valence-electron chi connectivity index (χ2n) is 4.03. The molecule has 1 aliphatic rings. The minimum atomic E-state index is 0.277. The topological polar surface area (TPSA) is 37.8 Å². The van der Waals surface area contributed by atoms with Crippen molar-refractivity contribution in [2.24, 2.45) is 0 Å². The van der Waals surface area contributed by atoms with Gasteiger partial charge in [-0.1, -0.05) is 6.92 Å². The average molecular weight is 256 g/mol. The second-order valence-corrected chi connectivity index (χ2v) is 4.84. The van der Waals surface area contributed by atoms with Crippen LogP contribution >= 0.6 is 15.9 Å². The number of hydrogen-bond donors (Lipinski definition) is 1. The first-order valence-corrected chi connectivity index (χ1v) is 5.72. The first-order chi connectivity index (χ1) is 6.61. The van der Waals surface area contributed by atoms with Crippen molar-refractivity contribution in [2.75, 3.05) is 5.32 Å². The van der Waals surface area contributed by atoms with Gasteiger partial charge in [0.25, 0.3) is 0 Å². The van der Waals surface area contributed by atoms with Gasteiger partial charge in [-0.05, 0) is 35.7 Å². The van der Waals surface area contributed by atoms with Gasteiger partial charge in [-0.15, -0.1) is 0 Å². The monoisotopic (exact) mass is 255 g/mol. The molecule has 0 unspecified atom stereocenters. The van der Waals surface area contributed by atoms with Crippen LogP contribution in [0.15, 0.2) is 10.7 Å². The molecule has 14 heavy (non-hydrogen) atoms. The van der Waals surface area contributed by atoms with E-state index in [1.165, 1.54) is 12.8 Å². The van der Waals surface area contributed by atoms with Gasteiger partial charge in [0.1, 0.15) is 16.2 Å². The van der Waals surface area contributed by atoms with Crippen LogP contribution in [-0.2, 0) is 6.42 Å². The molecule has 0 amide bonds. The molecule has 1 aromatic rings. The van der Waals surface area contributed by atoms with Crippen LogP contribution in [0, 0.1) is 0 Å². The predicted octanol–water partition coefficient (Wildman–Crippen LogP) is 2.77. The highest BCUT2D eigenvalue weighted by Gasteiger charge is 2.37. The molecule has 76 valence electrons. The van der Waals surface area contributed by atoms with Crippen molar-refractivity contribution in [3.8, 4) is 0 Å². The first-order valence-electron chi connectivity index (χ1n) is 4.93. The third kappa shape index (κ3) is 2.23.